The molecule has 0 spiro atoms. The molecular formula is C35H48BN7O6. The molecule has 13 nitrogen and oxygen atoms in total. The molecule has 3 aromatic rings. The van der Waals surface area contributed by atoms with Crippen LogP contribution < -0.4 is 21.4 Å². The number of nitrogens with zero attached hydrogens (tertiary/aromatic N) is 4. The molecule has 3 amide bonds. The number of hydrogen-bond donors (Lipinski definition) is 3. The fourth-order valence-electron chi connectivity index (χ4n) is 6.20. The van der Waals surface area contributed by atoms with E-state index in [2.05, 4.69) is 25.9 Å². The van der Waals surface area contributed by atoms with Crippen molar-refractivity contribution >= 4 is 36.2 Å². The lowest BCUT2D eigenvalue weighted by Gasteiger charge is -2.36. The van der Waals surface area contributed by atoms with E-state index in [1.165, 1.54) is 0 Å². The van der Waals surface area contributed by atoms with Gasteiger partial charge in [-0.2, -0.15) is 5.21 Å². The van der Waals surface area contributed by atoms with E-state index in [0.29, 0.717) is 36.5 Å². The van der Waals surface area contributed by atoms with Crippen LogP contribution in [0.1, 0.15) is 79.7 Å². The lowest BCUT2D eigenvalue weighted by atomic mass is 9.78. The smallest absolute Gasteiger partial charge is 0.444 e. The highest BCUT2D eigenvalue weighted by Crippen LogP contribution is 2.37. The number of carbonyl (C=O) groups excluding carboxylic acids is 3. The number of nitrogens with two attached hydrogens (primary N) is 1. The molecule has 2 heterocycles. The standard InChI is InChI=1S/C35H48BN7O6/c1-33(2,3)47-32(46)38-21-23-8-12-25(13-9-23)31(45)43(27-18-14-24(15-19-27)30-39-41-42-40-30)28(29(37)44)20-22-10-16-26(17-11-22)36-48-34(4,5)35(6,7)49-36/h10-11,14-19,23,25,28H,8-9,12-13,20-21H2,1-7H3,(H2,37,44)(H,38,46)(H,39,40,41,42)/t23?,25?,28-/m0/s1. The first-order valence-electron chi connectivity index (χ1n) is 16.9. The summed E-state index contributed by atoms with van der Waals surface area (Å²) >= 11 is 0. The molecule has 1 saturated heterocycles. The van der Waals surface area contributed by atoms with Gasteiger partial charge < -0.3 is 25.1 Å². The van der Waals surface area contributed by atoms with E-state index in [1.54, 1.807) is 29.2 Å². The predicted molar refractivity (Wildman–Crippen MR) is 186 cm³/mol. The van der Waals surface area contributed by atoms with Crippen molar-refractivity contribution in [1.82, 2.24) is 25.9 Å². The maximum atomic E-state index is 14.4. The molecule has 5 rings (SSSR count). The minimum atomic E-state index is -0.946. The van der Waals surface area contributed by atoms with Crippen LogP contribution in [0.15, 0.2) is 48.5 Å². The number of alkyl carbamates (subject to hydrolysis) is 1. The van der Waals surface area contributed by atoms with Crippen LogP contribution >= 0.6 is 0 Å². The third-order valence-corrected chi connectivity index (χ3v) is 9.69. The Morgan fingerprint density at radius 2 is 1.61 bits per heavy atom. The zero-order chi connectivity index (χ0) is 35.6. The Labute approximate surface area is 288 Å². The number of tetrazole rings is 1. The second-order valence-electron chi connectivity index (χ2n) is 15.0. The lowest BCUT2D eigenvalue weighted by Crippen LogP contribution is -2.52. The minimum Gasteiger partial charge on any atom is -0.444 e. The van der Waals surface area contributed by atoms with Crippen LogP contribution in [0.5, 0.6) is 0 Å². The molecule has 1 atom stereocenters. The van der Waals surface area contributed by atoms with Gasteiger partial charge >= 0.3 is 13.2 Å². The second kappa shape index (κ2) is 14.3. The number of primary amides is 1. The van der Waals surface area contributed by atoms with Crippen molar-refractivity contribution in [3.63, 3.8) is 0 Å². The van der Waals surface area contributed by atoms with Crippen molar-refractivity contribution in [2.45, 2.75) is 103 Å². The number of H-pyrrole nitrogens is 1. The van der Waals surface area contributed by atoms with Gasteiger partial charge in [0.1, 0.15) is 11.6 Å². The molecule has 2 fully saturated rings. The Morgan fingerprint density at radius 3 is 2.14 bits per heavy atom. The summed E-state index contributed by atoms with van der Waals surface area (Å²) in [4.78, 5) is 41.3. The maximum absolute atomic E-state index is 14.4. The molecule has 2 aromatic carbocycles. The molecule has 1 aromatic heterocycles. The summed E-state index contributed by atoms with van der Waals surface area (Å²) in [7, 11) is -0.517. The minimum absolute atomic E-state index is 0.163. The third-order valence-electron chi connectivity index (χ3n) is 9.69. The van der Waals surface area contributed by atoms with Crippen LogP contribution in [0, 0.1) is 11.8 Å². The maximum Gasteiger partial charge on any atom is 0.494 e. The lowest BCUT2D eigenvalue weighted by molar-refractivity contribution is -0.127. The Morgan fingerprint density at radius 1 is 1.00 bits per heavy atom. The van der Waals surface area contributed by atoms with Crippen molar-refractivity contribution in [2.24, 2.45) is 17.6 Å². The summed E-state index contributed by atoms with van der Waals surface area (Å²) in [6.07, 6.45) is 2.49. The largest absolute Gasteiger partial charge is 0.494 e. The molecule has 0 unspecified atom stereocenters. The van der Waals surface area contributed by atoms with E-state index in [9.17, 15) is 14.4 Å². The highest BCUT2D eigenvalue weighted by Gasteiger charge is 2.51. The number of benzene rings is 2. The van der Waals surface area contributed by atoms with Crippen molar-refractivity contribution in [3.8, 4) is 11.4 Å². The Kier molecular flexibility index (Phi) is 10.5. The highest BCUT2D eigenvalue weighted by atomic mass is 16.7. The van der Waals surface area contributed by atoms with Gasteiger partial charge in [0.25, 0.3) is 0 Å². The molecule has 2 aliphatic rings. The molecule has 14 heteroatoms. The molecule has 1 saturated carbocycles. The van der Waals surface area contributed by atoms with Crippen molar-refractivity contribution < 1.29 is 28.4 Å². The number of hydrogen-bond acceptors (Lipinski definition) is 9. The average Bonchev–Trinajstić information content (AvgIpc) is 3.65. The van der Waals surface area contributed by atoms with Gasteiger partial charge in [0.05, 0.1) is 11.2 Å². The fraction of sp³-hybridized carbons (Fsp3) is 0.543. The van der Waals surface area contributed by atoms with Crippen LogP contribution in [0.2, 0.25) is 0 Å². The molecule has 1 aliphatic carbocycles. The van der Waals surface area contributed by atoms with E-state index in [4.69, 9.17) is 19.8 Å². The summed E-state index contributed by atoms with van der Waals surface area (Å²) in [6.45, 7) is 14.0. The Hall–Kier alpha value is -4.30. The zero-order valence-corrected chi connectivity index (χ0v) is 29.5. The average molecular weight is 674 g/mol. The third kappa shape index (κ3) is 8.66. The quantitative estimate of drug-likeness (QED) is 0.270. The Balaban J connectivity index is 1.33. The van der Waals surface area contributed by atoms with Crippen molar-refractivity contribution in [3.05, 3.63) is 54.1 Å². The zero-order valence-electron chi connectivity index (χ0n) is 29.5. The normalized spacial score (nSPS) is 20.8. The highest BCUT2D eigenvalue weighted by molar-refractivity contribution is 6.62. The van der Waals surface area contributed by atoms with Gasteiger partial charge in [-0.25, -0.2) is 4.79 Å². The number of ether oxygens (including phenoxy) is 1. The first-order valence-corrected chi connectivity index (χ1v) is 16.9. The Bertz CT molecular complexity index is 1580. The van der Waals surface area contributed by atoms with Gasteiger partial charge in [0.15, 0.2) is 0 Å². The second-order valence-corrected chi connectivity index (χ2v) is 15.0. The molecule has 0 bridgehead atoms. The van der Waals surface area contributed by atoms with Crippen LogP contribution in [0.25, 0.3) is 11.4 Å². The summed E-state index contributed by atoms with van der Waals surface area (Å²) in [5.74, 6) is -0.461. The number of amides is 3. The SMILES string of the molecule is CC(C)(C)OC(=O)NCC1CCC(C(=O)N(c2ccc(-c3nn[nH]n3)cc2)[C@@H](Cc2ccc(B3OC(C)(C)C(C)(C)O3)cc2)C(N)=O)CC1. The van der Waals surface area contributed by atoms with Gasteiger partial charge in [-0.05, 0) is 121 Å². The summed E-state index contributed by atoms with van der Waals surface area (Å²) in [6, 6.07) is 13.9. The van der Waals surface area contributed by atoms with Gasteiger partial charge in [-0.15, -0.1) is 10.2 Å². The van der Waals surface area contributed by atoms with Gasteiger partial charge in [-0.3, -0.25) is 14.5 Å². The number of aromatic nitrogens is 4. The topological polar surface area (TPSA) is 175 Å². The molecule has 262 valence electrons. The summed E-state index contributed by atoms with van der Waals surface area (Å²) < 4.78 is 17.8. The number of anilines is 1. The predicted octanol–water partition coefficient (Wildman–Crippen LogP) is 3.93. The fourth-order valence-corrected chi connectivity index (χ4v) is 6.20. The first kappa shape index (κ1) is 36.0. The monoisotopic (exact) mass is 673 g/mol. The number of rotatable bonds is 10. The van der Waals surface area contributed by atoms with Crippen LogP contribution in [-0.2, 0) is 30.1 Å². The van der Waals surface area contributed by atoms with Crippen LogP contribution in [0.4, 0.5) is 10.5 Å². The van der Waals surface area contributed by atoms with Crippen LogP contribution in [0.3, 0.4) is 0 Å². The summed E-state index contributed by atoms with van der Waals surface area (Å²) in [5, 5.41) is 17.0. The molecule has 1 aliphatic heterocycles. The van der Waals surface area contributed by atoms with E-state index in [-0.39, 0.29) is 24.2 Å². The van der Waals surface area contributed by atoms with Crippen molar-refractivity contribution in [1.29, 1.82) is 0 Å². The van der Waals surface area contributed by atoms with Gasteiger partial charge in [0, 0.05) is 30.1 Å². The number of aromatic amines is 1. The van der Waals surface area contributed by atoms with E-state index in [1.807, 2.05) is 72.7 Å². The number of nitrogens with one attached hydrogen (secondary N) is 2. The van der Waals surface area contributed by atoms with E-state index >= 15 is 0 Å². The van der Waals surface area contributed by atoms with Gasteiger partial charge in [-0.1, -0.05) is 24.3 Å². The van der Waals surface area contributed by atoms with Crippen LogP contribution in [-0.4, -0.2) is 75.0 Å². The first-order chi connectivity index (χ1) is 23.0. The van der Waals surface area contributed by atoms with Gasteiger partial charge in [0.2, 0.25) is 17.6 Å². The summed E-state index contributed by atoms with van der Waals surface area (Å²) in [5.41, 5.74) is 7.49. The molecular weight excluding hydrogens is 625 g/mol. The number of carbonyl (C=O) groups is 3. The van der Waals surface area contributed by atoms with E-state index in [0.717, 1.165) is 23.9 Å². The molecule has 0 radical (unpaired) electrons. The molecule has 49 heavy (non-hydrogen) atoms. The molecule has 4 N–H and O–H groups in total. The van der Waals surface area contributed by atoms with E-state index < -0.39 is 42.0 Å². The van der Waals surface area contributed by atoms with Crippen molar-refractivity contribution in [2.75, 3.05) is 11.4 Å².